The number of unbranched alkanes of at least 4 members (excludes halogenated alkanes) is 1. The minimum atomic E-state index is -1.23. The van der Waals surface area contributed by atoms with Crippen molar-refractivity contribution in [2.75, 3.05) is 56.3 Å². The maximum Gasteiger partial charge on any atom is 0.251 e. The van der Waals surface area contributed by atoms with E-state index >= 15 is 0 Å². The number of anilines is 2. The van der Waals surface area contributed by atoms with Gasteiger partial charge in [-0.25, -0.2) is 4.98 Å². The van der Waals surface area contributed by atoms with Crippen LogP contribution >= 0.6 is 0 Å². The van der Waals surface area contributed by atoms with E-state index in [1.165, 1.54) is 6.42 Å². The number of benzene rings is 3. The molecule has 9 nitrogen and oxygen atoms in total. The zero-order valence-electron chi connectivity index (χ0n) is 32.2. The van der Waals surface area contributed by atoms with Crippen molar-refractivity contribution in [3.05, 3.63) is 95.6 Å². The van der Waals surface area contributed by atoms with Crippen molar-refractivity contribution in [1.29, 1.82) is 0 Å². The number of carbonyl (C=O) groups is 1. The van der Waals surface area contributed by atoms with Crippen LogP contribution in [0.5, 0.6) is 5.75 Å². The first-order valence-corrected chi connectivity index (χ1v) is 21.0. The molecule has 1 amide bonds. The Morgan fingerprint density at radius 2 is 1.80 bits per heavy atom. The lowest BCUT2D eigenvalue weighted by Crippen LogP contribution is -2.34. The van der Waals surface area contributed by atoms with E-state index in [9.17, 15) is 9.00 Å². The maximum atomic E-state index is 13.9. The molecule has 0 unspecified atom stereocenters. The molecule has 3 aromatic carbocycles. The lowest BCUT2D eigenvalue weighted by molar-refractivity contribution is -0.112. The highest BCUT2D eigenvalue weighted by Gasteiger charge is 2.22. The molecule has 2 aliphatic heterocycles. The third kappa shape index (κ3) is 10.7. The molecule has 1 N–H and O–H groups in total. The molecule has 6 rings (SSSR count). The second-order valence-corrected chi connectivity index (χ2v) is 15.8. The van der Waals surface area contributed by atoms with Crippen molar-refractivity contribution in [3.63, 3.8) is 0 Å². The van der Waals surface area contributed by atoms with Crippen molar-refractivity contribution in [2.24, 2.45) is 5.92 Å². The van der Waals surface area contributed by atoms with Crippen LogP contribution in [0.1, 0.15) is 75.7 Å². The highest BCUT2D eigenvalue weighted by atomic mass is 32.2. The van der Waals surface area contributed by atoms with Crippen LogP contribution in [-0.4, -0.2) is 65.8 Å². The summed E-state index contributed by atoms with van der Waals surface area (Å²) in [6, 6.07) is 22.2. The summed E-state index contributed by atoms with van der Waals surface area (Å²) in [4.78, 5) is 21.6. The smallest absolute Gasteiger partial charge is 0.251 e. The van der Waals surface area contributed by atoms with Gasteiger partial charge in [0.1, 0.15) is 12.4 Å². The number of ether oxygens (including phenoxy) is 3. The first-order valence-electron chi connectivity index (χ1n) is 19.7. The number of hydrogen-bond donors (Lipinski definition) is 1. The van der Waals surface area contributed by atoms with Gasteiger partial charge in [0.05, 0.1) is 47.5 Å². The first kappa shape index (κ1) is 39.4. The first-order chi connectivity index (χ1) is 26.4. The van der Waals surface area contributed by atoms with Crippen molar-refractivity contribution >= 4 is 34.2 Å². The lowest BCUT2D eigenvalue weighted by atomic mass is 9.97. The summed E-state index contributed by atoms with van der Waals surface area (Å²) < 4.78 is 32.7. The standard InChI is InChI=1S/C44H56N4O5S/c1-4-6-23-51-25-26-53-40-17-12-35(13-18-40)36-14-21-42-38(27-36)28-37(11-7-8-22-48(42)29-34-10-9-24-52-30-34)44(49)46-39-15-19-41(20-16-39)54(50)31-43-33(3)45-32-47(43)5-2/h12-21,27-28,32,34H,4-11,22-26,29-31H2,1-3H3,(H,46,49)/b37-28+/t34-,54-/m1/s1. The summed E-state index contributed by atoms with van der Waals surface area (Å²) >= 11 is 0. The molecular formula is C44H56N4O5S. The van der Waals surface area contributed by atoms with Crippen LogP contribution in [0.25, 0.3) is 17.2 Å². The normalized spacial score (nSPS) is 17.7. The second-order valence-electron chi connectivity index (χ2n) is 14.3. The third-order valence-electron chi connectivity index (χ3n) is 10.3. The summed E-state index contributed by atoms with van der Waals surface area (Å²) in [6.45, 7) is 12.3. The number of nitrogens with one attached hydrogen (secondary N) is 1. The van der Waals surface area contributed by atoms with Crippen LogP contribution in [-0.2, 0) is 37.4 Å². The number of hydrogen-bond acceptors (Lipinski definition) is 7. The van der Waals surface area contributed by atoms with E-state index in [0.717, 1.165) is 122 Å². The predicted molar refractivity (Wildman–Crippen MR) is 219 cm³/mol. The highest BCUT2D eigenvalue weighted by Crippen LogP contribution is 2.34. The molecule has 0 aliphatic carbocycles. The van der Waals surface area contributed by atoms with Crippen LogP contribution < -0.4 is 15.0 Å². The Labute approximate surface area is 323 Å². The molecule has 0 saturated carbocycles. The Morgan fingerprint density at radius 3 is 2.56 bits per heavy atom. The molecule has 2 atom stereocenters. The van der Waals surface area contributed by atoms with Crippen LogP contribution in [0.2, 0.25) is 0 Å². The number of fused-ring (bicyclic) bond motifs is 1. The Morgan fingerprint density at radius 1 is 0.981 bits per heavy atom. The lowest BCUT2D eigenvalue weighted by Gasteiger charge is -2.32. The highest BCUT2D eigenvalue weighted by molar-refractivity contribution is 7.84. The van der Waals surface area contributed by atoms with Gasteiger partial charge in [-0.1, -0.05) is 31.5 Å². The van der Waals surface area contributed by atoms with Crippen molar-refractivity contribution in [3.8, 4) is 16.9 Å². The van der Waals surface area contributed by atoms with Crippen LogP contribution in [0.15, 0.2) is 83.5 Å². The molecular weight excluding hydrogens is 697 g/mol. The van der Waals surface area contributed by atoms with E-state index in [1.807, 2.05) is 47.9 Å². The van der Waals surface area contributed by atoms with E-state index in [1.54, 1.807) is 6.33 Å². The van der Waals surface area contributed by atoms with Crippen molar-refractivity contribution in [1.82, 2.24) is 9.55 Å². The molecule has 1 fully saturated rings. The number of aryl methyl sites for hydroxylation is 2. The number of imidazole rings is 1. The van der Waals surface area contributed by atoms with Gasteiger partial charge in [0.15, 0.2) is 0 Å². The number of carbonyl (C=O) groups excluding carboxylic acids is 1. The van der Waals surface area contributed by atoms with Crippen LogP contribution in [0.4, 0.5) is 11.4 Å². The number of amides is 1. The van der Waals surface area contributed by atoms with Crippen LogP contribution in [0.3, 0.4) is 0 Å². The Kier molecular flexibility index (Phi) is 14.5. The third-order valence-corrected chi connectivity index (χ3v) is 11.6. The molecule has 0 bridgehead atoms. The fraction of sp³-hybridized carbons (Fsp3) is 0.455. The molecule has 54 heavy (non-hydrogen) atoms. The van der Waals surface area contributed by atoms with Crippen molar-refractivity contribution < 1.29 is 23.2 Å². The number of nitrogens with zero attached hydrogens (tertiary/aromatic N) is 3. The fourth-order valence-corrected chi connectivity index (χ4v) is 8.38. The number of rotatable bonds is 16. The zero-order chi connectivity index (χ0) is 37.7. The molecule has 0 spiro atoms. The van der Waals surface area contributed by atoms with Gasteiger partial charge in [-0.15, -0.1) is 0 Å². The maximum absolute atomic E-state index is 13.9. The van der Waals surface area contributed by atoms with Gasteiger partial charge in [0.25, 0.3) is 5.91 Å². The average Bonchev–Trinajstić information content (AvgIpc) is 3.59. The molecule has 2 aliphatic rings. The molecule has 3 heterocycles. The van der Waals surface area contributed by atoms with Crippen molar-refractivity contribution in [2.45, 2.75) is 82.9 Å². The van der Waals surface area contributed by atoms with Gasteiger partial charge in [-0.2, -0.15) is 0 Å². The summed E-state index contributed by atoms with van der Waals surface area (Å²) in [6.07, 6.45) is 10.9. The summed E-state index contributed by atoms with van der Waals surface area (Å²) in [5, 5.41) is 3.14. The molecule has 10 heteroatoms. The second kappa shape index (κ2) is 19.9. The Hall–Kier alpha value is -4.25. The van der Waals surface area contributed by atoms with E-state index in [2.05, 4.69) is 65.5 Å². The molecule has 0 radical (unpaired) electrons. The topological polar surface area (TPSA) is 94.9 Å². The average molecular weight is 753 g/mol. The minimum absolute atomic E-state index is 0.114. The van der Waals surface area contributed by atoms with E-state index < -0.39 is 10.8 Å². The van der Waals surface area contributed by atoms with E-state index in [0.29, 0.717) is 37.0 Å². The van der Waals surface area contributed by atoms with Gasteiger partial charge < -0.3 is 29.0 Å². The van der Waals surface area contributed by atoms with E-state index in [4.69, 9.17) is 14.2 Å². The molecule has 4 aromatic rings. The number of aromatic nitrogens is 2. The Balaban J connectivity index is 1.20. The summed E-state index contributed by atoms with van der Waals surface area (Å²) in [5.74, 6) is 1.59. The molecule has 288 valence electrons. The minimum Gasteiger partial charge on any atom is -0.491 e. The largest absolute Gasteiger partial charge is 0.491 e. The van der Waals surface area contributed by atoms with Gasteiger partial charge >= 0.3 is 0 Å². The fourth-order valence-electron chi connectivity index (χ4n) is 7.16. The van der Waals surface area contributed by atoms with Crippen LogP contribution in [0, 0.1) is 12.8 Å². The Bertz CT molecular complexity index is 1860. The van der Waals surface area contributed by atoms with Gasteiger partial charge in [0, 0.05) is 54.7 Å². The summed E-state index contributed by atoms with van der Waals surface area (Å²) in [5.41, 5.74) is 7.66. The SMILES string of the molecule is CCCCOCCOc1ccc(-c2ccc3c(c2)/C=C(/C(=O)Nc2ccc([S@](=O)Cc4c(C)ncn4CC)cc2)CCCCN3C[C@H]2CCCOC2)cc1. The van der Waals surface area contributed by atoms with Gasteiger partial charge in [-0.3, -0.25) is 9.00 Å². The van der Waals surface area contributed by atoms with Gasteiger partial charge in [-0.05, 0) is 130 Å². The van der Waals surface area contributed by atoms with Gasteiger partial charge in [0.2, 0.25) is 0 Å². The van der Waals surface area contributed by atoms with E-state index in [-0.39, 0.29) is 5.91 Å². The summed E-state index contributed by atoms with van der Waals surface area (Å²) in [7, 11) is -1.23. The molecule has 1 saturated heterocycles. The quantitative estimate of drug-likeness (QED) is 0.114. The zero-order valence-corrected chi connectivity index (χ0v) is 33.0. The molecule has 1 aromatic heterocycles. The monoisotopic (exact) mass is 752 g/mol. The predicted octanol–water partition coefficient (Wildman–Crippen LogP) is 8.82.